The molecular formula is C51H35N5. The van der Waals surface area contributed by atoms with Crippen LogP contribution in [-0.2, 0) is 0 Å². The van der Waals surface area contributed by atoms with Gasteiger partial charge in [-0.25, -0.2) is 4.98 Å². The highest BCUT2D eigenvalue weighted by Gasteiger charge is 2.19. The maximum Gasteiger partial charge on any atom is 0.238 e. The smallest absolute Gasteiger partial charge is 0.238 e. The molecule has 2 aromatic heterocycles. The maximum atomic E-state index is 5.24. The van der Waals surface area contributed by atoms with Crippen LogP contribution < -0.4 is 4.90 Å². The topological polar surface area (TPSA) is 46.8 Å². The van der Waals surface area contributed by atoms with E-state index >= 15 is 0 Å². The van der Waals surface area contributed by atoms with Crippen LogP contribution in [0.1, 0.15) is 0 Å². The lowest BCUT2D eigenvalue weighted by molar-refractivity contribution is 0.953. The molecule has 0 amide bonds. The fraction of sp³-hybridized carbons (Fsp3) is 0. The lowest BCUT2D eigenvalue weighted by Gasteiger charge is -2.25. The minimum Gasteiger partial charge on any atom is -0.310 e. The van der Waals surface area contributed by atoms with Gasteiger partial charge in [-0.3, -0.25) is 4.57 Å². The molecule has 0 saturated carbocycles. The Morgan fingerprint density at radius 2 is 0.804 bits per heavy atom. The third-order valence-corrected chi connectivity index (χ3v) is 10.3. The second kappa shape index (κ2) is 14.3. The Balaban J connectivity index is 1.10. The number of fused-ring (bicyclic) bond motifs is 3. The van der Waals surface area contributed by atoms with E-state index < -0.39 is 0 Å². The summed E-state index contributed by atoms with van der Waals surface area (Å²) in [6, 6.07) is 73.9. The summed E-state index contributed by atoms with van der Waals surface area (Å²) in [4.78, 5) is 17.9. The second-order valence-electron chi connectivity index (χ2n) is 13.7. The van der Waals surface area contributed by atoms with Crippen molar-refractivity contribution in [1.29, 1.82) is 0 Å². The minimum absolute atomic E-state index is 0.573. The molecule has 0 N–H and O–H groups in total. The van der Waals surface area contributed by atoms with Gasteiger partial charge in [-0.05, 0) is 70.8 Å². The second-order valence-corrected chi connectivity index (χ2v) is 13.7. The fourth-order valence-electron chi connectivity index (χ4n) is 7.64. The molecule has 10 rings (SSSR count). The fourth-order valence-corrected chi connectivity index (χ4v) is 7.64. The molecule has 0 fully saturated rings. The molecule has 0 aliphatic heterocycles. The number of hydrogen-bond donors (Lipinski definition) is 0. The maximum absolute atomic E-state index is 5.24. The third kappa shape index (κ3) is 6.07. The van der Waals surface area contributed by atoms with Gasteiger partial charge in [0.15, 0.2) is 11.6 Å². The van der Waals surface area contributed by atoms with Crippen molar-refractivity contribution in [2.24, 2.45) is 0 Å². The Morgan fingerprint density at radius 1 is 0.321 bits per heavy atom. The predicted octanol–water partition coefficient (Wildman–Crippen LogP) is 13.1. The summed E-state index contributed by atoms with van der Waals surface area (Å²) >= 11 is 0. The van der Waals surface area contributed by atoms with Crippen LogP contribution in [0, 0.1) is 0 Å². The van der Waals surface area contributed by atoms with E-state index in [2.05, 4.69) is 198 Å². The van der Waals surface area contributed by atoms with Crippen LogP contribution >= 0.6 is 0 Å². The van der Waals surface area contributed by atoms with E-state index in [0.717, 1.165) is 72.2 Å². The van der Waals surface area contributed by atoms with E-state index in [9.17, 15) is 0 Å². The Kier molecular flexibility index (Phi) is 8.43. The molecule has 0 radical (unpaired) electrons. The van der Waals surface area contributed by atoms with E-state index in [1.54, 1.807) is 0 Å². The summed E-state index contributed by atoms with van der Waals surface area (Å²) in [5, 5.41) is 2.31. The molecule has 0 bridgehead atoms. The van der Waals surface area contributed by atoms with Crippen LogP contribution in [0.15, 0.2) is 212 Å². The van der Waals surface area contributed by atoms with Crippen LogP contribution in [-0.4, -0.2) is 19.5 Å². The van der Waals surface area contributed by atoms with Crippen LogP contribution in [0.5, 0.6) is 0 Å². The van der Waals surface area contributed by atoms with Gasteiger partial charge in [0.25, 0.3) is 0 Å². The zero-order valence-corrected chi connectivity index (χ0v) is 30.4. The normalized spacial score (nSPS) is 11.2. The molecule has 8 aromatic carbocycles. The van der Waals surface area contributed by atoms with E-state index in [1.807, 2.05) is 24.3 Å². The highest BCUT2D eigenvalue weighted by atomic mass is 15.2. The number of hydrogen-bond acceptors (Lipinski definition) is 4. The van der Waals surface area contributed by atoms with Gasteiger partial charge in [0.2, 0.25) is 5.95 Å². The Labute approximate surface area is 325 Å². The predicted molar refractivity (Wildman–Crippen MR) is 231 cm³/mol. The number of para-hydroxylation sites is 4. The number of nitrogens with zero attached hydrogens (tertiary/aromatic N) is 5. The van der Waals surface area contributed by atoms with Crippen molar-refractivity contribution in [3.63, 3.8) is 0 Å². The van der Waals surface area contributed by atoms with Crippen LogP contribution in [0.2, 0.25) is 0 Å². The van der Waals surface area contributed by atoms with Gasteiger partial charge in [-0.1, -0.05) is 164 Å². The number of aromatic nitrogens is 4. The SMILES string of the molecule is c1ccc(-c2ccccc2-c2nc(-c3ccc(-c4cccc(N(c5ccccc5)c5ccccc5)c4)cc3)nc(-n3c4ccccc4c4ccccc43)n2)cc1. The van der Waals surface area contributed by atoms with Gasteiger partial charge in [-0.2, -0.15) is 9.97 Å². The van der Waals surface area contributed by atoms with Crippen molar-refractivity contribution in [3.05, 3.63) is 212 Å². The summed E-state index contributed by atoms with van der Waals surface area (Å²) in [5.74, 6) is 1.79. The third-order valence-electron chi connectivity index (χ3n) is 10.3. The molecule has 10 aromatic rings. The summed E-state index contributed by atoms with van der Waals surface area (Å²) in [6.45, 7) is 0. The molecule has 0 atom stereocenters. The molecule has 56 heavy (non-hydrogen) atoms. The van der Waals surface area contributed by atoms with Crippen LogP contribution in [0.3, 0.4) is 0 Å². The van der Waals surface area contributed by atoms with Gasteiger partial charge < -0.3 is 4.90 Å². The van der Waals surface area contributed by atoms with Gasteiger partial charge in [-0.15, -0.1) is 0 Å². The first kappa shape index (κ1) is 33.0. The van der Waals surface area contributed by atoms with Crippen molar-refractivity contribution in [1.82, 2.24) is 19.5 Å². The van der Waals surface area contributed by atoms with Gasteiger partial charge in [0.05, 0.1) is 11.0 Å². The summed E-state index contributed by atoms with van der Waals surface area (Å²) in [5.41, 5.74) is 11.6. The zero-order valence-electron chi connectivity index (χ0n) is 30.4. The Bertz CT molecular complexity index is 2860. The molecule has 264 valence electrons. The average molecular weight is 718 g/mol. The van der Waals surface area contributed by atoms with E-state index in [0.29, 0.717) is 17.6 Å². The zero-order chi connectivity index (χ0) is 37.3. The van der Waals surface area contributed by atoms with Crippen molar-refractivity contribution >= 4 is 38.9 Å². The number of rotatable bonds is 8. The molecule has 0 saturated heterocycles. The summed E-state index contributed by atoms with van der Waals surface area (Å²) < 4.78 is 2.16. The largest absolute Gasteiger partial charge is 0.310 e. The summed E-state index contributed by atoms with van der Waals surface area (Å²) in [7, 11) is 0. The first-order valence-electron chi connectivity index (χ1n) is 18.8. The number of benzene rings is 8. The van der Waals surface area contributed by atoms with Crippen molar-refractivity contribution in [2.45, 2.75) is 0 Å². The first-order chi connectivity index (χ1) is 27.8. The summed E-state index contributed by atoms with van der Waals surface area (Å²) in [6.07, 6.45) is 0. The quantitative estimate of drug-likeness (QED) is 0.157. The molecule has 0 aliphatic rings. The van der Waals surface area contributed by atoms with Gasteiger partial charge >= 0.3 is 0 Å². The van der Waals surface area contributed by atoms with Gasteiger partial charge in [0, 0.05) is 39.0 Å². The van der Waals surface area contributed by atoms with E-state index in [1.165, 1.54) is 0 Å². The van der Waals surface area contributed by atoms with Crippen molar-refractivity contribution < 1.29 is 0 Å². The molecule has 0 unspecified atom stereocenters. The molecule has 5 heteroatoms. The van der Waals surface area contributed by atoms with Gasteiger partial charge in [0.1, 0.15) is 0 Å². The lowest BCUT2D eigenvalue weighted by atomic mass is 9.99. The Morgan fingerprint density at radius 3 is 1.45 bits per heavy atom. The minimum atomic E-state index is 0.573. The van der Waals surface area contributed by atoms with Crippen molar-refractivity contribution in [3.8, 4) is 51.0 Å². The molecule has 2 heterocycles. The van der Waals surface area contributed by atoms with Crippen LogP contribution in [0.25, 0.3) is 72.8 Å². The van der Waals surface area contributed by atoms with E-state index in [-0.39, 0.29) is 0 Å². The Hall–Kier alpha value is -7.63. The monoisotopic (exact) mass is 717 g/mol. The lowest BCUT2D eigenvalue weighted by Crippen LogP contribution is -2.09. The average Bonchev–Trinajstić information content (AvgIpc) is 3.62. The molecule has 5 nitrogen and oxygen atoms in total. The standard InChI is InChI=1S/C51H35N5/c1-4-17-37(18-5-1)43-25-10-11-28-46(43)50-52-49(53-51(54-50)56-47-29-14-12-26-44(47)45-27-13-15-30-48(45)56)38-33-31-36(32-34-38)39-19-16-24-42(35-39)55(40-20-6-2-7-21-40)41-22-8-3-9-23-41/h1-35H. The number of anilines is 3. The van der Waals surface area contributed by atoms with E-state index in [4.69, 9.17) is 15.0 Å². The first-order valence-corrected chi connectivity index (χ1v) is 18.8. The van der Waals surface area contributed by atoms with Crippen LogP contribution in [0.4, 0.5) is 17.1 Å². The highest BCUT2D eigenvalue weighted by molar-refractivity contribution is 6.09. The highest BCUT2D eigenvalue weighted by Crippen LogP contribution is 2.38. The molecule has 0 spiro atoms. The molecular weight excluding hydrogens is 683 g/mol. The molecule has 0 aliphatic carbocycles. The van der Waals surface area contributed by atoms with Crippen molar-refractivity contribution in [2.75, 3.05) is 4.90 Å².